The van der Waals surface area contributed by atoms with Crippen LogP contribution >= 0.6 is 0 Å². The van der Waals surface area contributed by atoms with Crippen LogP contribution in [0.15, 0.2) is 42.5 Å². The molecule has 0 unspecified atom stereocenters. The second-order valence-corrected chi connectivity index (χ2v) is 8.77. The lowest BCUT2D eigenvalue weighted by atomic mass is 10.1. The molecule has 6 nitrogen and oxygen atoms in total. The smallest absolute Gasteiger partial charge is 0.240 e. The van der Waals surface area contributed by atoms with E-state index in [-0.39, 0.29) is 12.5 Å². The topological polar surface area (TPSA) is 75.7 Å². The number of methoxy groups -OCH3 is 1. The van der Waals surface area contributed by atoms with Crippen molar-refractivity contribution in [1.82, 2.24) is 5.32 Å². The second-order valence-electron chi connectivity index (χ2n) is 6.86. The lowest BCUT2D eigenvalue weighted by Gasteiger charge is -2.24. The van der Waals surface area contributed by atoms with Gasteiger partial charge in [-0.1, -0.05) is 29.8 Å². The lowest BCUT2D eigenvalue weighted by Crippen LogP contribution is -2.41. The van der Waals surface area contributed by atoms with Gasteiger partial charge in [-0.3, -0.25) is 9.10 Å². The molecule has 0 aliphatic rings. The first kappa shape index (κ1) is 21.8. The van der Waals surface area contributed by atoms with E-state index in [1.54, 1.807) is 13.2 Å². The number of anilines is 1. The predicted octanol–water partition coefficient (Wildman–Crippen LogP) is 2.83. The molecule has 0 atom stereocenters. The number of carbonyl (C=O) groups excluding carboxylic acids is 1. The molecule has 28 heavy (non-hydrogen) atoms. The standard InChI is InChI=1S/C21H28N2O4S/c1-16-7-12-20(17(2)14-16)23(28(4,25)26)15-21(24)22-13-5-6-18-8-10-19(27-3)11-9-18/h7-12,14H,5-6,13,15H2,1-4H3,(H,22,24). The molecule has 0 aromatic heterocycles. The van der Waals surface area contributed by atoms with Crippen LogP contribution in [0.25, 0.3) is 0 Å². The average molecular weight is 405 g/mol. The molecule has 152 valence electrons. The van der Waals surface area contributed by atoms with Gasteiger partial charge in [0, 0.05) is 6.54 Å². The van der Waals surface area contributed by atoms with Gasteiger partial charge in [-0.05, 0) is 56.0 Å². The summed E-state index contributed by atoms with van der Waals surface area (Å²) in [5.74, 6) is 0.490. The second kappa shape index (κ2) is 9.59. The van der Waals surface area contributed by atoms with Crippen molar-refractivity contribution in [3.63, 3.8) is 0 Å². The van der Waals surface area contributed by atoms with Gasteiger partial charge in [-0.2, -0.15) is 0 Å². The van der Waals surface area contributed by atoms with Crippen molar-refractivity contribution in [2.45, 2.75) is 26.7 Å². The Morgan fingerprint density at radius 3 is 2.36 bits per heavy atom. The van der Waals surface area contributed by atoms with Crippen molar-refractivity contribution >= 4 is 21.6 Å². The third kappa shape index (κ3) is 6.27. The molecule has 0 saturated heterocycles. The van der Waals surface area contributed by atoms with Crippen LogP contribution in [-0.2, 0) is 21.2 Å². The summed E-state index contributed by atoms with van der Waals surface area (Å²) in [5.41, 5.74) is 3.54. The number of hydrogen-bond acceptors (Lipinski definition) is 4. The van der Waals surface area contributed by atoms with Gasteiger partial charge in [-0.25, -0.2) is 8.42 Å². The summed E-state index contributed by atoms with van der Waals surface area (Å²) in [7, 11) is -1.94. The Labute approximate surface area is 167 Å². The molecule has 0 saturated carbocycles. The van der Waals surface area contributed by atoms with Crippen molar-refractivity contribution in [2.24, 2.45) is 0 Å². The number of hydrogen-bond donors (Lipinski definition) is 1. The third-order valence-corrected chi connectivity index (χ3v) is 5.56. The van der Waals surface area contributed by atoms with Gasteiger partial charge in [0.05, 0.1) is 19.1 Å². The first-order valence-electron chi connectivity index (χ1n) is 9.15. The average Bonchev–Trinajstić information content (AvgIpc) is 2.63. The van der Waals surface area contributed by atoms with E-state index in [9.17, 15) is 13.2 Å². The number of benzene rings is 2. The number of ether oxygens (including phenoxy) is 1. The molecule has 0 aliphatic heterocycles. The van der Waals surface area contributed by atoms with Crippen LogP contribution in [0, 0.1) is 13.8 Å². The summed E-state index contributed by atoms with van der Waals surface area (Å²) in [4.78, 5) is 12.3. The first-order chi connectivity index (χ1) is 13.2. The number of amides is 1. The molecule has 0 spiro atoms. The maximum Gasteiger partial charge on any atom is 0.240 e. The van der Waals surface area contributed by atoms with Crippen LogP contribution in [0.5, 0.6) is 5.75 Å². The van der Waals surface area contributed by atoms with Crippen LogP contribution < -0.4 is 14.4 Å². The van der Waals surface area contributed by atoms with Crippen LogP contribution in [0.2, 0.25) is 0 Å². The number of carbonyl (C=O) groups is 1. The van der Waals surface area contributed by atoms with E-state index >= 15 is 0 Å². The highest BCUT2D eigenvalue weighted by molar-refractivity contribution is 7.92. The van der Waals surface area contributed by atoms with E-state index in [1.165, 1.54) is 0 Å². The van der Waals surface area contributed by atoms with Crippen LogP contribution in [-0.4, -0.2) is 40.8 Å². The number of nitrogens with zero attached hydrogens (tertiary/aromatic N) is 1. The van der Waals surface area contributed by atoms with Gasteiger partial charge >= 0.3 is 0 Å². The van der Waals surface area contributed by atoms with E-state index in [0.29, 0.717) is 12.2 Å². The number of sulfonamides is 1. The molecule has 2 aromatic carbocycles. The minimum absolute atomic E-state index is 0.231. The SMILES string of the molecule is COc1ccc(CCCNC(=O)CN(c2ccc(C)cc2C)S(C)(=O)=O)cc1. The summed E-state index contributed by atoms with van der Waals surface area (Å²) in [5, 5.41) is 2.81. The fourth-order valence-electron chi connectivity index (χ4n) is 2.97. The van der Waals surface area contributed by atoms with Gasteiger partial charge in [0.1, 0.15) is 12.3 Å². The normalized spacial score (nSPS) is 11.1. The van der Waals surface area contributed by atoms with Gasteiger partial charge in [0.15, 0.2) is 0 Å². The van der Waals surface area contributed by atoms with Gasteiger partial charge in [-0.15, -0.1) is 0 Å². The van der Waals surface area contributed by atoms with Crippen LogP contribution in [0.4, 0.5) is 5.69 Å². The van der Waals surface area contributed by atoms with E-state index in [0.717, 1.165) is 45.8 Å². The van der Waals surface area contributed by atoms with Gasteiger partial charge in [0.25, 0.3) is 0 Å². The maximum atomic E-state index is 12.3. The van der Waals surface area contributed by atoms with Crippen LogP contribution in [0.1, 0.15) is 23.1 Å². The minimum Gasteiger partial charge on any atom is -0.497 e. The highest BCUT2D eigenvalue weighted by atomic mass is 32.2. The molecule has 2 aromatic rings. The Morgan fingerprint density at radius 1 is 1.11 bits per heavy atom. The van der Waals surface area contributed by atoms with Crippen molar-refractivity contribution < 1.29 is 17.9 Å². The molecular weight excluding hydrogens is 376 g/mol. The zero-order chi connectivity index (χ0) is 20.7. The zero-order valence-corrected chi connectivity index (χ0v) is 17.7. The molecule has 0 bridgehead atoms. The number of nitrogens with one attached hydrogen (secondary N) is 1. The fraction of sp³-hybridized carbons (Fsp3) is 0.381. The summed E-state index contributed by atoms with van der Waals surface area (Å²) in [6.45, 7) is 4.03. The summed E-state index contributed by atoms with van der Waals surface area (Å²) in [6.07, 6.45) is 2.70. The molecule has 0 heterocycles. The largest absolute Gasteiger partial charge is 0.497 e. The lowest BCUT2D eigenvalue weighted by molar-refractivity contribution is -0.119. The highest BCUT2D eigenvalue weighted by Crippen LogP contribution is 2.23. The summed E-state index contributed by atoms with van der Waals surface area (Å²) < 4.78 is 30.7. The Kier molecular flexibility index (Phi) is 7.45. The van der Waals surface area contributed by atoms with Crippen LogP contribution in [0.3, 0.4) is 0 Å². The molecule has 2 rings (SSSR count). The van der Waals surface area contributed by atoms with Gasteiger partial charge < -0.3 is 10.1 Å². The zero-order valence-electron chi connectivity index (χ0n) is 16.9. The quantitative estimate of drug-likeness (QED) is 0.652. The molecular formula is C21H28N2O4S. The highest BCUT2D eigenvalue weighted by Gasteiger charge is 2.22. The first-order valence-corrected chi connectivity index (χ1v) is 11.0. The van der Waals surface area contributed by atoms with Crippen molar-refractivity contribution in [3.8, 4) is 5.75 Å². The van der Waals surface area contributed by atoms with E-state index in [1.807, 2.05) is 50.2 Å². The molecule has 0 radical (unpaired) electrons. The molecule has 0 aliphatic carbocycles. The fourth-order valence-corrected chi connectivity index (χ4v) is 3.88. The number of rotatable bonds is 9. The van der Waals surface area contributed by atoms with Crippen molar-refractivity contribution in [1.29, 1.82) is 0 Å². The molecule has 1 N–H and O–H groups in total. The maximum absolute atomic E-state index is 12.3. The molecule has 1 amide bonds. The monoisotopic (exact) mass is 404 g/mol. The van der Waals surface area contributed by atoms with Crippen molar-refractivity contribution in [3.05, 3.63) is 59.2 Å². The van der Waals surface area contributed by atoms with E-state index < -0.39 is 10.0 Å². The Bertz CT molecular complexity index is 909. The molecule has 0 fully saturated rings. The Morgan fingerprint density at radius 2 is 1.79 bits per heavy atom. The summed E-state index contributed by atoms with van der Waals surface area (Å²) in [6, 6.07) is 13.3. The third-order valence-electron chi connectivity index (χ3n) is 4.43. The van der Waals surface area contributed by atoms with E-state index in [4.69, 9.17) is 4.74 Å². The predicted molar refractivity (Wildman–Crippen MR) is 112 cm³/mol. The van der Waals surface area contributed by atoms with Gasteiger partial charge in [0.2, 0.25) is 15.9 Å². The summed E-state index contributed by atoms with van der Waals surface area (Å²) >= 11 is 0. The molecule has 7 heteroatoms. The Hall–Kier alpha value is -2.54. The number of aryl methyl sites for hydroxylation is 3. The Balaban J connectivity index is 1.91. The van der Waals surface area contributed by atoms with Crippen molar-refractivity contribution in [2.75, 3.05) is 30.8 Å². The minimum atomic E-state index is -3.57. The van der Waals surface area contributed by atoms with E-state index in [2.05, 4.69) is 5.32 Å².